The number of carbonyl (C=O) groups excluding carboxylic acids is 2. The van der Waals surface area contributed by atoms with E-state index in [4.69, 9.17) is 4.74 Å². The maximum absolute atomic E-state index is 13.2. The van der Waals surface area contributed by atoms with Crippen LogP contribution in [0, 0.1) is 5.82 Å². The van der Waals surface area contributed by atoms with Crippen LogP contribution >= 0.6 is 0 Å². The molecule has 0 saturated carbocycles. The number of allylic oxidation sites excluding steroid dienone is 2. The van der Waals surface area contributed by atoms with E-state index in [1.807, 2.05) is 0 Å². The Balaban J connectivity index is 1.71. The molecule has 3 aromatic rings. The SMILES string of the molecule is CCOC(=O)c1ccc(NC2=CC(=NS(=O)(=O)c3ccc(F)cc3)c3ccccc3C2=O)cc1. The van der Waals surface area contributed by atoms with Gasteiger partial charge in [0.05, 0.1) is 28.5 Å². The number of carbonyl (C=O) groups is 2. The third kappa shape index (κ3) is 4.79. The van der Waals surface area contributed by atoms with Gasteiger partial charge < -0.3 is 10.1 Å². The molecule has 9 heteroatoms. The van der Waals surface area contributed by atoms with E-state index in [9.17, 15) is 22.4 Å². The maximum atomic E-state index is 13.2. The smallest absolute Gasteiger partial charge is 0.338 e. The highest BCUT2D eigenvalue weighted by Gasteiger charge is 2.26. The molecule has 1 aliphatic rings. The van der Waals surface area contributed by atoms with E-state index < -0.39 is 21.8 Å². The molecule has 172 valence electrons. The largest absolute Gasteiger partial charge is 0.462 e. The van der Waals surface area contributed by atoms with Crippen LogP contribution in [0.25, 0.3) is 0 Å². The van der Waals surface area contributed by atoms with Gasteiger partial charge in [-0.3, -0.25) is 4.79 Å². The molecule has 34 heavy (non-hydrogen) atoms. The third-order valence-corrected chi connectivity index (χ3v) is 6.28. The first kappa shape index (κ1) is 23.1. The van der Waals surface area contributed by atoms with Gasteiger partial charge in [0.1, 0.15) is 5.82 Å². The van der Waals surface area contributed by atoms with Gasteiger partial charge in [0.25, 0.3) is 10.0 Å². The number of esters is 1. The normalized spacial score (nSPS) is 14.4. The lowest BCUT2D eigenvalue weighted by Crippen LogP contribution is -2.22. The van der Waals surface area contributed by atoms with Gasteiger partial charge in [-0.05, 0) is 61.5 Å². The number of hydrogen-bond donors (Lipinski definition) is 1. The fourth-order valence-electron chi connectivity index (χ4n) is 3.35. The lowest BCUT2D eigenvalue weighted by Gasteiger charge is -2.19. The van der Waals surface area contributed by atoms with Crippen molar-refractivity contribution in [3.8, 4) is 0 Å². The van der Waals surface area contributed by atoms with E-state index in [0.717, 1.165) is 24.3 Å². The predicted molar refractivity (Wildman–Crippen MR) is 125 cm³/mol. The van der Waals surface area contributed by atoms with Crippen LogP contribution in [-0.4, -0.2) is 32.5 Å². The molecule has 0 spiro atoms. The van der Waals surface area contributed by atoms with Crippen molar-refractivity contribution in [2.45, 2.75) is 11.8 Å². The van der Waals surface area contributed by atoms with E-state index in [-0.39, 0.29) is 34.3 Å². The molecule has 1 aliphatic carbocycles. The number of halogens is 1. The number of fused-ring (bicyclic) bond motifs is 1. The molecule has 0 saturated heterocycles. The van der Waals surface area contributed by atoms with E-state index in [0.29, 0.717) is 16.8 Å². The Morgan fingerprint density at radius 2 is 1.62 bits per heavy atom. The first-order valence-electron chi connectivity index (χ1n) is 10.3. The Kier molecular flexibility index (Phi) is 6.38. The summed E-state index contributed by atoms with van der Waals surface area (Å²) in [5, 5.41) is 2.97. The lowest BCUT2D eigenvalue weighted by molar-refractivity contribution is 0.0526. The van der Waals surface area contributed by atoms with Gasteiger partial charge in [0.15, 0.2) is 0 Å². The molecule has 0 heterocycles. The highest BCUT2D eigenvalue weighted by molar-refractivity contribution is 7.90. The van der Waals surface area contributed by atoms with Gasteiger partial charge in [0.2, 0.25) is 5.78 Å². The number of benzene rings is 3. The number of anilines is 1. The number of sulfonamides is 1. The maximum Gasteiger partial charge on any atom is 0.338 e. The van der Waals surface area contributed by atoms with E-state index in [1.165, 1.54) is 6.08 Å². The zero-order valence-electron chi connectivity index (χ0n) is 18.0. The van der Waals surface area contributed by atoms with Gasteiger partial charge in [-0.15, -0.1) is 0 Å². The molecule has 0 aromatic heterocycles. The first-order valence-corrected chi connectivity index (χ1v) is 11.7. The van der Waals surface area contributed by atoms with Crippen LogP contribution in [0.2, 0.25) is 0 Å². The van der Waals surface area contributed by atoms with Crippen molar-refractivity contribution in [1.82, 2.24) is 0 Å². The predicted octanol–water partition coefficient (Wildman–Crippen LogP) is 4.37. The Labute approximate surface area is 195 Å². The average molecular weight is 479 g/mol. The van der Waals surface area contributed by atoms with Crippen LogP contribution in [0.4, 0.5) is 10.1 Å². The standard InChI is InChI=1S/C25H19FN2O5S/c1-2-33-25(30)16-7-11-18(12-8-16)27-23-15-22(20-5-3-4-6-21(20)24(23)29)28-34(31,32)19-13-9-17(26)10-14-19/h3-15,27H,2H2,1H3. The molecular formula is C25H19FN2O5S. The molecule has 3 aromatic carbocycles. The summed E-state index contributed by atoms with van der Waals surface area (Å²) in [7, 11) is -4.17. The second-order valence-corrected chi connectivity index (χ2v) is 8.87. The summed E-state index contributed by atoms with van der Waals surface area (Å²) in [6, 6.07) is 17.2. The summed E-state index contributed by atoms with van der Waals surface area (Å²) in [5.41, 5.74) is 1.67. The fourth-order valence-corrected chi connectivity index (χ4v) is 4.34. The Bertz CT molecular complexity index is 1430. The number of ether oxygens (including phenoxy) is 1. The quantitative estimate of drug-likeness (QED) is 0.528. The van der Waals surface area contributed by atoms with Crippen molar-refractivity contribution < 1.29 is 27.1 Å². The van der Waals surface area contributed by atoms with Gasteiger partial charge in [-0.2, -0.15) is 12.8 Å². The molecule has 0 amide bonds. The fraction of sp³-hybridized carbons (Fsp3) is 0.0800. The minimum atomic E-state index is -4.17. The molecule has 4 rings (SSSR count). The summed E-state index contributed by atoms with van der Waals surface area (Å²) >= 11 is 0. The summed E-state index contributed by atoms with van der Waals surface area (Å²) in [4.78, 5) is 24.7. The van der Waals surface area contributed by atoms with Crippen molar-refractivity contribution >= 4 is 33.2 Å². The van der Waals surface area contributed by atoms with Crippen molar-refractivity contribution in [3.63, 3.8) is 0 Å². The van der Waals surface area contributed by atoms with Crippen LogP contribution in [0.3, 0.4) is 0 Å². The van der Waals surface area contributed by atoms with Crippen molar-refractivity contribution in [1.29, 1.82) is 0 Å². The second kappa shape index (κ2) is 9.40. The molecule has 1 N–H and O–H groups in total. The highest BCUT2D eigenvalue weighted by Crippen LogP contribution is 2.25. The molecule has 0 fully saturated rings. The third-order valence-electron chi connectivity index (χ3n) is 4.98. The number of Topliss-reactive ketones (excluding diaryl/α,β-unsaturated/α-hetero) is 1. The van der Waals surface area contributed by atoms with Crippen molar-refractivity contribution in [3.05, 3.63) is 107 Å². The topological polar surface area (TPSA) is 102 Å². The zero-order valence-corrected chi connectivity index (χ0v) is 18.8. The van der Waals surface area contributed by atoms with E-state index in [1.54, 1.807) is 55.5 Å². The number of nitrogens with one attached hydrogen (secondary N) is 1. The average Bonchev–Trinajstić information content (AvgIpc) is 2.83. The summed E-state index contributed by atoms with van der Waals surface area (Å²) in [5.74, 6) is -1.37. The zero-order chi connectivity index (χ0) is 24.3. The van der Waals surface area contributed by atoms with Gasteiger partial charge >= 0.3 is 5.97 Å². The highest BCUT2D eigenvalue weighted by atomic mass is 32.2. The Hall–Kier alpha value is -4.11. The minimum Gasteiger partial charge on any atom is -0.462 e. The molecule has 0 bridgehead atoms. The van der Waals surface area contributed by atoms with Gasteiger partial charge in [-0.25, -0.2) is 9.18 Å². The van der Waals surface area contributed by atoms with Gasteiger partial charge in [0, 0.05) is 16.8 Å². The summed E-state index contributed by atoms with van der Waals surface area (Å²) < 4.78 is 47.8. The number of rotatable bonds is 6. The number of ketones is 1. The molecule has 0 radical (unpaired) electrons. The minimum absolute atomic E-state index is 0.0603. The molecular weight excluding hydrogens is 459 g/mol. The van der Waals surface area contributed by atoms with E-state index in [2.05, 4.69) is 9.71 Å². The Morgan fingerprint density at radius 1 is 0.971 bits per heavy atom. The number of hydrogen-bond acceptors (Lipinski definition) is 6. The van der Waals surface area contributed by atoms with Crippen molar-refractivity contribution in [2.75, 3.05) is 11.9 Å². The van der Waals surface area contributed by atoms with E-state index >= 15 is 0 Å². The number of nitrogens with zero attached hydrogens (tertiary/aromatic N) is 1. The molecule has 0 atom stereocenters. The van der Waals surface area contributed by atoms with Crippen LogP contribution in [-0.2, 0) is 14.8 Å². The summed E-state index contributed by atoms with van der Waals surface area (Å²) in [6.45, 7) is 1.96. The lowest BCUT2D eigenvalue weighted by atomic mass is 9.92. The van der Waals surface area contributed by atoms with Crippen LogP contribution in [0.1, 0.15) is 33.2 Å². The van der Waals surface area contributed by atoms with Crippen molar-refractivity contribution in [2.24, 2.45) is 4.40 Å². The summed E-state index contributed by atoms with van der Waals surface area (Å²) in [6.07, 6.45) is 1.35. The second-order valence-electron chi connectivity index (χ2n) is 7.26. The Morgan fingerprint density at radius 3 is 2.26 bits per heavy atom. The van der Waals surface area contributed by atoms with Crippen LogP contribution < -0.4 is 5.32 Å². The molecule has 0 aliphatic heterocycles. The van der Waals surface area contributed by atoms with Crippen LogP contribution in [0.15, 0.2) is 93.9 Å². The monoisotopic (exact) mass is 478 g/mol. The molecule has 7 nitrogen and oxygen atoms in total. The first-order chi connectivity index (χ1) is 16.3. The van der Waals surface area contributed by atoms with Gasteiger partial charge in [-0.1, -0.05) is 24.3 Å². The van der Waals surface area contributed by atoms with Crippen LogP contribution in [0.5, 0.6) is 0 Å². The molecule has 0 unspecified atom stereocenters.